The molecule has 0 aliphatic rings. The number of aromatic amines is 1. The molecule has 0 saturated carbocycles. The number of nitrogens with zero attached hydrogens (tertiary/aromatic N) is 3. The molecule has 5 heteroatoms. The summed E-state index contributed by atoms with van der Waals surface area (Å²) < 4.78 is 1.90. The maximum absolute atomic E-state index is 12.3. The Morgan fingerprint density at radius 3 is 2.70 bits per heavy atom. The van der Waals surface area contributed by atoms with E-state index in [1.807, 2.05) is 37.0 Å². The molecule has 0 fully saturated rings. The molecule has 1 amide bonds. The molecule has 5 nitrogen and oxygen atoms in total. The number of aryl methyl sites for hydroxylation is 3. The van der Waals surface area contributed by atoms with Crippen molar-refractivity contribution in [1.29, 1.82) is 0 Å². The van der Waals surface area contributed by atoms with Crippen LogP contribution in [-0.4, -0.2) is 32.6 Å². The molecule has 2 aromatic rings. The summed E-state index contributed by atoms with van der Waals surface area (Å²) in [6.07, 6.45) is 2.91. The van der Waals surface area contributed by atoms with Crippen molar-refractivity contribution < 1.29 is 4.79 Å². The fourth-order valence-electron chi connectivity index (χ4n) is 2.18. The van der Waals surface area contributed by atoms with E-state index in [1.54, 1.807) is 4.90 Å². The van der Waals surface area contributed by atoms with Crippen LogP contribution in [0.15, 0.2) is 18.3 Å². The van der Waals surface area contributed by atoms with Crippen molar-refractivity contribution in [2.45, 2.75) is 40.3 Å². The summed E-state index contributed by atoms with van der Waals surface area (Å²) in [5.41, 5.74) is 3.79. The van der Waals surface area contributed by atoms with Gasteiger partial charge in [0.05, 0.1) is 5.69 Å². The van der Waals surface area contributed by atoms with E-state index < -0.39 is 0 Å². The van der Waals surface area contributed by atoms with E-state index >= 15 is 0 Å². The Labute approximate surface area is 119 Å². The molecule has 0 aliphatic heterocycles. The van der Waals surface area contributed by atoms with Crippen LogP contribution < -0.4 is 0 Å². The molecule has 0 unspecified atom stereocenters. The van der Waals surface area contributed by atoms with Crippen LogP contribution in [0.1, 0.15) is 41.3 Å². The summed E-state index contributed by atoms with van der Waals surface area (Å²) in [7, 11) is 1.82. The Kier molecular flexibility index (Phi) is 4.27. The molecule has 1 N–H and O–H groups in total. The Bertz CT molecular complexity index is 597. The summed E-state index contributed by atoms with van der Waals surface area (Å²) >= 11 is 0. The van der Waals surface area contributed by atoms with Crippen molar-refractivity contribution >= 4 is 5.91 Å². The normalized spacial score (nSPS) is 10.8. The van der Waals surface area contributed by atoms with Crippen molar-refractivity contribution in [3.8, 4) is 0 Å². The lowest BCUT2D eigenvalue weighted by Gasteiger charge is -2.15. The standard InChI is InChI=1S/C15H22N4O/c1-5-13-7-8-14(16-13)15(20)18(4)9-12-10-19(6-2)17-11(12)3/h7-8,10,16H,5-6,9H2,1-4H3. The quantitative estimate of drug-likeness (QED) is 0.910. The molecule has 0 aromatic carbocycles. The van der Waals surface area contributed by atoms with Gasteiger partial charge in [-0.15, -0.1) is 0 Å². The predicted octanol–water partition coefficient (Wildman–Crippen LogP) is 2.37. The van der Waals surface area contributed by atoms with Crippen molar-refractivity contribution in [1.82, 2.24) is 19.7 Å². The lowest BCUT2D eigenvalue weighted by Crippen LogP contribution is -2.26. The molecule has 20 heavy (non-hydrogen) atoms. The van der Waals surface area contributed by atoms with E-state index in [0.29, 0.717) is 12.2 Å². The average Bonchev–Trinajstić information content (AvgIpc) is 3.05. The van der Waals surface area contributed by atoms with Gasteiger partial charge in [0.15, 0.2) is 0 Å². The fourth-order valence-corrected chi connectivity index (χ4v) is 2.18. The molecule has 108 valence electrons. The van der Waals surface area contributed by atoms with E-state index in [9.17, 15) is 4.79 Å². The van der Waals surface area contributed by atoms with Crippen LogP contribution in [0.25, 0.3) is 0 Å². The second-order valence-corrected chi connectivity index (χ2v) is 5.01. The first-order valence-electron chi connectivity index (χ1n) is 7.01. The van der Waals surface area contributed by atoms with Crippen LogP contribution in [0.4, 0.5) is 0 Å². The van der Waals surface area contributed by atoms with Gasteiger partial charge in [0.2, 0.25) is 0 Å². The molecule has 0 saturated heterocycles. The zero-order valence-corrected chi connectivity index (χ0v) is 12.6. The SMILES string of the molecule is CCc1ccc(C(=O)N(C)Cc2cn(CC)nc2C)[nH]1. The third-order valence-corrected chi connectivity index (χ3v) is 3.48. The molecule has 0 aliphatic carbocycles. The minimum atomic E-state index is 0.00773. The minimum absolute atomic E-state index is 0.00773. The highest BCUT2D eigenvalue weighted by molar-refractivity contribution is 5.92. The molecule has 0 bridgehead atoms. The predicted molar refractivity (Wildman–Crippen MR) is 78.6 cm³/mol. The minimum Gasteiger partial charge on any atom is -0.354 e. The van der Waals surface area contributed by atoms with E-state index in [-0.39, 0.29) is 5.91 Å². The number of carbonyl (C=O) groups excluding carboxylic acids is 1. The van der Waals surface area contributed by atoms with Crippen LogP contribution in [0.3, 0.4) is 0 Å². The third-order valence-electron chi connectivity index (χ3n) is 3.48. The summed E-state index contributed by atoms with van der Waals surface area (Å²) in [4.78, 5) is 17.2. The van der Waals surface area contributed by atoms with Gasteiger partial charge in [-0.3, -0.25) is 9.48 Å². The highest BCUT2D eigenvalue weighted by atomic mass is 16.2. The van der Waals surface area contributed by atoms with Gasteiger partial charge in [-0.05, 0) is 32.4 Å². The van der Waals surface area contributed by atoms with E-state index in [1.165, 1.54) is 0 Å². The van der Waals surface area contributed by atoms with Gasteiger partial charge in [-0.1, -0.05) is 6.92 Å². The van der Waals surface area contributed by atoms with Gasteiger partial charge in [0.25, 0.3) is 5.91 Å². The van der Waals surface area contributed by atoms with Gasteiger partial charge in [0.1, 0.15) is 5.69 Å². The molecule has 2 aromatic heterocycles. The van der Waals surface area contributed by atoms with Crippen LogP contribution in [-0.2, 0) is 19.5 Å². The van der Waals surface area contributed by atoms with Gasteiger partial charge in [0, 0.05) is 37.6 Å². The highest BCUT2D eigenvalue weighted by Gasteiger charge is 2.15. The number of nitrogens with one attached hydrogen (secondary N) is 1. The van der Waals surface area contributed by atoms with Gasteiger partial charge >= 0.3 is 0 Å². The van der Waals surface area contributed by atoms with Crippen molar-refractivity contribution in [3.63, 3.8) is 0 Å². The Hall–Kier alpha value is -2.04. The van der Waals surface area contributed by atoms with Crippen LogP contribution in [0.2, 0.25) is 0 Å². The topological polar surface area (TPSA) is 53.9 Å². The fraction of sp³-hybridized carbons (Fsp3) is 0.467. The molecular weight excluding hydrogens is 252 g/mol. The third kappa shape index (κ3) is 2.92. The lowest BCUT2D eigenvalue weighted by atomic mass is 10.2. The summed E-state index contributed by atoms with van der Waals surface area (Å²) in [6.45, 7) is 7.51. The first kappa shape index (κ1) is 14.4. The first-order valence-corrected chi connectivity index (χ1v) is 7.01. The van der Waals surface area contributed by atoms with Gasteiger partial charge in [-0.25, -0.2) is 0 Å². The van der Waals surface area contributed by atoms with E-state index in [4.69, 9.17) is 0 Å². The number of rotatable bonds is 5. The van der Waals surface area contributed by atoms with Crippen molar-refractivity contribution in [3.05, 3.63) is 41.0 Å². The van der Waals surface area contributed by atoms with Crippen molar-refractivity contribution in [2.24, 2.45) is 0 Å². The monoisotopic (exact) mass is 274 g/mol. The summed E-state index contributed by atoms with van der Waals surface area (Å²) in [5, 5.41) is 4.40. The molecule has 2 rings (SSSR count). The van der Waals surface area contributed by atoms with Crippen LogP contribution >= 0.6 is 0 Å². The Morgan fingerprint density at radius 1 is 1.40 bits per heavy atom. The number of aromatic nitrogens is 3. The highest BCUT2D eigenvalue weighted by Crippen LogP contribution is 2.11. The summed E-state index contributed by atoms with van der Waals surface area (Å²) in [6, 6.07) is 3.81. The molecule has 0 radical (unpaired) electrons. The van der Waals surface area contributed by atoms with Crippen molar-refractivity contribution in [2.75, 3.05) is 7.05 Å². The second kappa shape index (κ2) is 5.94. The first-order chi connectivity index (χ1) is 9.55. The molecule has 0 atom stereocenters. The molecule has 2 heterocycles. The lowest BCUT2D eigenvalue weighted by molar-refractivity contribution is 0.0779. The number of carbonyl (C=O) groups is 1. The van der Waals surface area contributed by atoms with E-state index in [0.717, 1.165) is 29.9 Å². The maximum Gasteiger partial charge on any atom is 0.270 e. The van der Waals surface area contributed by atoms with Crippen LogP contribution in [0.5, 0.6) is 0 Å². The van der Waals surface area contributed by atoms with E-state index in [2.05, 4.69) is 23.9 Å². The molecule has 0 spiro atoms. The molecular formula is C15H22N4O. The number of hydrogen-bond donors (Lipinski definition) is 1. The second-order valence-electron chi connectivity index (χ2n) is 5.01. The van der Waals surface area contributed by atoms with Crippen LogP contribution in [0, 0.1) is 6.92 Å². The number of hydrogen-bond acceptors (Lipinski definition) is 2. The van der Waals surface area contributed by atoms with Gasteiger partial charge in [-0.2, -0.15) is 5.10 Å². The number of amides is 1. The smallest absolute Gasteiger partial charge is 0.270 e. The van der Waals surface area contributed by atoms with Gasteiger partial charge < -0.3 is 9.88 Å². The Balaban J connectivity index is 2.08. The zero-order valence-electron chi connectivity index (χ0n) is 12.6. The zero-order chi connectivity index (χ0) is 14.7. The largest absolute Gasteiger partial charge is 0.354 e. The average molecular weight is 274 g/mol. The maximum atomic E-state index is 12.3. The summed E-state index contributed by atoms with van der Waals surface area (Å²) in [5.74, 6) is 0.00773. The Morgan fingerprint density at radius 2 is 2.15 bits per heavy atom. The number of H-pyrrole nitrogens is 1.